The van der Waals surface area contributed by atoms with Crippen molar-refractivity contribution in [2.45, 2.75) is 26.3 Å². The molecule has 0 bridgehead atoms. The van der Waals surface area contributed by atoms with Gasteiger partial charge in [0.05, 0.1) is 11.8 Å². The van der Waals surface area contributed by atoms with Crippen LogP contribution in [0, 0.1) is 13.8 Å². The number of pyridine rings is 1. The molecule has 1 atom stereocenters. The van der Waals surface area contributed by atoms with E-state index in [1.165, 1.54) is 10.9 Å². The highest BCUT2D eigenvalue weighted by Gasteiger charge is 2.25. The summed E-state index contributed by atoms with van der Waals surface area (Å²) in [5.41, 5.74) is 13.7. The molecular formula is C31H28N4O3. The fourth-order valence-corrected chi connectivity index (χ4v) is 4.83. The third kappa shape index (κ3) is 4.60. The average Bonchev–Trinajstić information content (AvgIpc) is 3.57. The second kappa shape index (κ2) is 9.68. The van der Waals surface area contributed by atoms with Crippen LogP contribution in [-0.2, 0) is 11.2 Å². The maximum Gasteiger partial charge on any atom is 0.256 e. The minimum Gasteiger partial charge on any atom is -0.490 e. The van der Waals surface area contributed by atoms with Crippen molar-refractivity contribution in [1.82, 2.24) is 9.97 Å². The van der Waals surface area contributed by atoms with Crippen molar-refractivity contribution in [2.24, 2.45) is 5.73 Å². The maximum absolute atomic E-state index is 12.7. The lowest BCUT2D eigenvalue weighted by atomic mass is 10.00. The zero-order chi connectivity index (χ0) is 26.2. The van der Waals surface area contributed by atoms with Crippen LogP contribution < -0.4 is 15.8 Å². The zero-order valence-corrected chi connectivity index (χ0v) is 21.2. The molecule has 3 aromatic heterocycles. The smallest absolute Gasteiger partial charge is 0.256 e. The van der Waals surface area contributed by atoms with Crippen LogP contribution in [0.4, 0.5) is 5.69 Å². The topological polar surface area (TPSA) is 106 Å². The molecule has 7 nitrogen and oxygen atoms in total. The highest BCUT2D eigenvalue weighted by atomic mass is 16.5. The van der Waals surface area contributed by atoms with Crippen molar-refractivity contribution in [2.75, 3.05) is 11.9 Å². The summed E-state index contributed by atoms with van der Waals surface area (Å²) in [5, 5.41) is 4.12. The number of furan rings is 1. The summed E-state index contributed by atoms with van der Waals surface area (Å²) < 4.78 is 11.8. The third-order valence-electron chi connectivity index (χ3n) is 6.94. The Bertz CT molecular complexity index is 1680. The minimum atomic E-state index is -0.170. The highest BCUT2D eigenvalue weighted by molar-refractivity contribution is 6.35. The van der Waals surface area contributed by atoms with Crippen molar-refractivity contribution >= 4 is 34.1 Å². The fourth-order valence-electron chi connectivity index (χ4n) is 4.83. The number of anilines is 1. The predicted molar refractivity (Wildman–Crippen MR) is 150 cm³/mol. The number of carbonyl (C=O) groups is 1. The standard InChI is InChI=1S/C31H28N4O3/c1-18-9-24(38-19(18)2)13-28-27-12-20(7-8-30(27)35-31(28)36)21-11-25(16-33-14-21)37-17-23(32)10-22-15-34-29-6-4-3-5-26(22)29/h3-9,11-16,23,34H,10,17,32H2,1-2H3,(H,35,36). The van der Waals surface area contributed by atoms with E-state index in [1.54, 1.807) is 18.5 Å². The number of aromatic nitrogens is 2. The van der Waals surface area contributed by atoms with Gasteiger partial charge in [0.2, 0.25) is 0 Å². The first kappa shape index (κ1) is 23.8. The Labute approximate surface area is 220 Å². The molecule has 2 aromatic carbocycles. The van der Waals surface area contributed by atoms with E-state index >= 15 is 0 Å². The summed E-state index contributed by atoms with van der Waals surface area (Å²) in [5.74, 6) is 1.99. The first-order valence-electron chi connectivity index (χ1n) is 12.6. The van der Waals surface area contributed by atoms with Gasteiger partial charge in [-0.15, -0.1) is 0 Å². The number of H-pyrrole nitrogens is 1. The number of benzene rings is 2. The fraction of sp³-hybridized carbons (Fsp3) is 0.161. The van der Waals surface area contributed by atoms with Crippen molar-refractivity contribution in [3.05, 3.63) is 101 Å². The van der Waals surface area contributed by atoms with Gasteiger partial charge in [-0.1, -0.05) is 24.3 Å². The number of fused-ring (bicyclic) bond motifs is 2. The number of aromatic amines is 1. The van der Waals surface area contributed by atoms with Gasteiger partial charge in [0.15, 0.2) is 0 Å². The largest absolute Gasteiger partial charge is 0.490 e. The van der Waals surface area contributed by atoms with Gasteiger partial charge in [0.1, 0.15) is 23.9 Å². The van der Waals surface area contributed by atoms with Crippen molar-refractivity contribution in [3.63, 3.8) is 0 Å². The van der Waals surface area contributed by atoms with Gasteiger partial charge in [0, 0.05) is 46.2 Å². The molecule has 0 fully saturated rings. The Morgan fingerprint density at radius 2 is 1.95 bits per heavy atom. The molecule has 0 saturated carbocycles. The number of para-hydroxylation sites is 1. The van der Waals surface area contributed by atoms with Crippen LogP contribution >= 0.6 is 0 Å². The quantitative estimate of drug-likeness (QED) is 0.240. The van der Waals surface area contributed by atoms with Crippen LogP contribution in [-0.4, -0.2) is 28.5 Å². The zero-order valence-electron chi connectivity index (χ0n) is 21.2. The van der Waals surface area contributed by atoms with Crippen LogP contribution in [0.2, 0.25) is 0 Å². The Morgan fingerprint density at radius 3 is 2.79 bits per heavy atom. The first-order valence-corrected chi connectivity index (χ1v) is 12.6. The second-order valence-electron chi connectivity index (χ2n) is 9.70. The molecule has 4 heterocycles. The Morgan fingerprint density at radius 1 is 1.08 bits per heavy atom. The lowest BCUT2D eigenvalue weighted by Crippen LogP contribution is -2.30. The van der Waals surface area contributed by atoms with Gasteiger partial charge in [0.25, 0.3) is 5.91 Å². The molecule has 1 aliphatic rings. The molecule has 7 heteroatoms. The number of nitrogens with zero attached hydrogens (tertiary/aromatic N) is 1. The monoisotopic (exact) mass is 504 g/mol. The molecule has 0 saturated heterocycles. The minimum absolute atomic E-state index is 0.150. The SMILES string of the molecule is Cc1cc(C=C2C(=O)Nc3ccc(-c4cncc(OCC(N)Cc5c[nH]c6ccccc56)c4)cc32)oc1C. The predicted octanol–water partition coefficient (Wildman–Crippen LogP) is 5.88. The number of hydrogen-bond acceptors (Lipinski definition) is 5. The number of nitrogens with two attached hydrogens (primary N) is 1. The van der Waals surface area contributed by atoms with Crippen LogP contribution in [0.15, 0.2) is 77.6 Å². The van der Waals surface area contributed by atoms with Crippen LogP contribution in [0.5, 0.6) is 5.75 Å². The summed E-state index contributed by atoms with van der Waals surface area (Å²) >= 11 is 0. The normalized spacial score (nSPS) is 14.6. The number of aryl methyl sites for hydroxylation is 2. The molecule has 1 aliphatic heterocycles. The number of rotatable bonds is 7. The molecule has 1 amide bonds. The van der Waals surface area contributed by atoms with E-state index in [-0.39, 0.29) is 11.9 Å². The highest BCUT2D eigenvalue weighted by Crippen LogP contribution is 2.37. The molecular weight excluding hydrogens is 476 g/mol. The average molecular weight is 505 g/mol. The number of nitrogens with one attached hydrogen (secondary N) is 2. The summed E-state index contributed by atoms with van der Waals surface area (Å²) in [6.45, 7) is 4.26. The Kier molecular flexibility index (Phi) is 6.05. The summed E-state index contributed by atoms with van der Waals surface area (Å²) in [7, 11) is 0. The number of hydrogen-bond donors (Lipinski definition) is 3. The van der Waals surface area contributed by atoms with Crippen LogP contribution in [0.25, 0.3) is 33.7 Å². The number of amides is 1. The maximum atomic E-state index is 12.7. The van der Waals surface area contributed by atoms with E-state index in [0.717, 1.165) is 39.2 Å². The molecule has 6 rings (SSSR count). The Balaban J connectivity index is 1.19. The van der Waals surface area contributed by atoms with Crippen molar-refractivity contribution in [3.8, 4) is 16.9 Å². The Hall–Kier alpha value is -4.62. The van der Waals surface area contributed by atoms with Gasteiger partial charge < -0.3 is 25.2 Å². The molecule has 5 aromatic rings. The molecule has 0 aliphatic carbocycles. The molecule has 4 N–H and O–H groups in total. The number of carbonyl (C=O) groups excluding carboxylic acids is 1. The summed E-state index contributed by atoms with van der Waals surface area (Å²) in [6.07, 6.45) is 7.97. The van der Waals surface area contributed by atoms with Gasteiger partial charge in [-0.25, -0.2) is 0 Å². The van der Waals surface area contributed by atoms with Crippen molar-refractivity contribution in [1.29, 1.82) is 0 Å². The van der Waals surface area contributed by atoms with Crippen LogP contribution in [0.1, 0.15) is 28.2 Å². The van der Waals surface area contributed by atoms with E-state index in [1.807, 2.05) is 62.5 Å². The van der Waals surface area contributed by atoms with Gasteiger partial charge >= 0.3 is 0 Å². The van der Waals surface area contributed by atoms with Crippen LogP contribution in [0.3, 0.4) is 0 Å². The second-order valence-corrected chi connectivity index (χ2v) is 9.70. The molecule has 38 heavy (non-hydrogen) atoms. The molecule has 0 radical (unpaired) electrons. The molecule has 0 spiro atoms. The first-order chi connectivity index (χ1) is 18.4. The van der Waals surface area contributed by atoms with E-state index in [2.05, 4.69) is 27.4 Å². The van der Waals surface area contributed by atoms with Crippen molar-refractivity contribution < 1.29 is 13.9 Å². The lowest BCUT2D eigenvalue weighted by molar-refractivity contribution is -0.110. The third-order valence-corrected chi connectivity index (χ3v) is 6.94. The van der Waals surface area contributed by atoms with E-state index in [9.17, 15) is 4.79 Å². The van der Waals surface area contributed by atoms with Gasteiger partial charge in [-0.05, 0) is 73.4 Å². The molecule has 190 valence electrons. The van der Waals surface area contributed by atoms with E-state index < -0.39 is 0 Å². The number of ether oxygens (including phenoxy) is 1. The van der Waals surface area contributed by atoms with Gasteiger partial charge in [-0.2, -0.15) is 0 Å². The molecule has 1 unspecified atom stereocenters. The summed E-state index contributed by atoms with van der Waals surface area (Å²) in [6, 6.07) is 17.8. The summed E-state index contributed by atoms with van der Waals surface area (Å²) in [4.78, 5) is 20.4. The lowest BCUT2D eigenvalue weighted by Gasteiger charge is -2.13. The van der Waals surface area contributed by atoms with Gasteiger partial charge in [-0.3, -0.25) is 9.78 Å². The van der Waals surface area contributed by atoms with E-state index in [0.29, 0.717) is 30.1 Å². The van der Waals surface area contributed by atoms with E-state index in [4.69, 9.17) is 14.9 Å².